The van der Waals surface area contributed by atoms with E-state index in [-0.39, 0.29) is 0 Å². The van der Waals surface area contributed by atoms with E-state index in [4.69, 9.17) is 0 Å². The van der Waals surface area contributed by atoms with Crippen LogP contribution in [0.15, 0.2) is 255 Å². The van der Waals surface area contributed by atoms with Crippen LogP contribution >= 0.6 is 0 Å². The molecule has 0 saturated heterocycles. The van der Waals surface area contributed by atoms with E-state index in [2.05, 4.69) is 270 Å². The fourth-order valence-electron chi connectivity index (χ4n) is 9.68. The average molecular weight is 830 g/mol. The van der Waals surface area contributed by atoms with Crippen LogP contribution in [0.4, 0.5) is 45.5 Å². The maximum atomic E-state index is 3.80. The fourth-order valence-corrected chi connectivity index (χ4v) is 9.68. The maximum absolute atomic E-state index is 3.80. The molecule has 0 bridgehead atoms. The molecule has 12 rings (SSSR count). The molecule has 0 aromatic heterocycles. The van der Waals surface area contributed by atoms with Crippen LogP contribution in [0.1, 0.15) is 0 Å². The number of hydrogen-bond donors (Lipinski definition) is 1. The Morgan fingerprint density at radius 3 is 1.48 bits per heavy atom. The predicted octanol–water partition coefficient (Wildman–Crippen LogP) is 17.8. The quantitative estimate of drug-likeness (QED) is 0.146. The molecule has 12 aromatic carbocycles. The first-order valence-corrected chi connectivity index (χ1v) is 22.3. The average Bonchev–Trinajstić information content (AvgIpc) is 3.37. The molecule has 0 saturated carbocycles. The van der Waals surface area contributed by atoms with Crippen molar-refractivity contribution in [2.75, 3.05) is 15.1 Å². The van der Waals surface area contributed by atoms with Gasteiger partial charge in [-0.1, -0.05) is 164 Å². The van der Waals surface area contributed by atoms with E-state index in [1.165, 1.54) is 59.4 Å². The number of anilines is 8. The summed E-state index contributed by atoms with van der Waals surface area (Å²) in [5.74, 6) is 0. The Labute approximate surface area is 378 Å². The van der Waals surface area contributed by atoms with Gasteiger partial charge in [0, 0.05) is 55.8 Å². The highest BCUT2D eigenvalue weighted by Gasteiger charge is 2.22. The first kappa shape index (κ1) is 38.0. The second-order valence-electron chi connectivity index (χ2n) is 16.6. The summed E-state index contributed by atoms with van der Waals surface area (Å²) in [6, 6.07) is 92.1. The zero-order valence-corrected chi connectivity index (χ0v) is 35.6. The second-order valence-corrected chi connectivity index (χ2v) is 16.6. The first-order valence-electron chi connectivity index (χ1n) is 22.3. The molecule has 0 fully saturated rings. The number of nitrogens with one attached hydrogen (secondary N) is 1. The lowest BCUT2D eigenvalue weighted by Gasteiger charge is -2.30. The standard InChI is InChI=1S/C62H43N3/c1-2-23-50(24-3-1)64(61-31-15-22-44-17-7-10-26-55(44)61)51-36-38-53(39-37-51)65(62-56-27-11-8-20-47(56)41-48-40-45-18-4-5-19-46(45)42-59(48)62)52-34-32-49(33-35-52)63-60-30-13-12-28-58(60)57-29-14-21-43-16-6-9-25-54(43)57/h1-42,63H. The van der Waals surface area contributed by atoms with Crippen LogP contribution < -0.4 is 15.1 Å². The summed E-state index contributed by atoms with van der Waals surface area (Å²) in [4.78, 5) is 4.81. The predicted molar refractivity (Wildman–Crippen MR) is 278 cm³/mol. The van der Waals surface area contributed by atoms with Gasteiger partial charge >= 0.3 is 0 Å². The highest BCUT2D eigenvalue weighted by Crippen LogP contribution is 2.47. The van der Waals surface area contributed by atoms with Crippen molar-refractivity contribution < 1.29 is 0 Å². The van der Waals surface area contributed by atoms with Gasteiger partial charge in [-0.25, -0.2) is 0 Å². The van der Waals surface area contributed by atoms with Gasteiger partial charge in [0.2, 0.25) is 0 Å². The van der Waals surface area contributed by atoms with E-state index < -0.39 is 0 Å². The lowest BCUT2D eigenvalue weighted by molar-refractivity contribution is 1.27. The van der Waals surface area contributed by atoms with Crippen molar-refractivity contribution in [1.82, 2.24) is 0 Å². The molecule has 0 aliphatic heterocycles. The van der Waals surface area contributed by atoms with Crippen molar-refractivity contribution in [2.45, 2.75) is 0 Å². The van der Waals surface area contributed by atoms with Crippen LogP contribution in [-0.4, -0.2) is 0 Å². The highest BCUT2D eigenvalue weighted by molar-refractivity contribution is 6.17. The Hall–Kier alpha value is -8.66. The lowest BCUT2D eigenvalue weighted by atomic mass is 9.96. The summed E-state index contributed by atoms with van der Waals surface area (Å²) in [6.07, 6.45) is 0. The molecule has 0 aliphatic rings. The minimum absolute atomic E-state index is 1.01. The van der Waals surface area contributed by atoms with Crippen molar-refractivity contribution in [3.8, 4) is 11.1 Å². The number of hydrogen-bond acceptors (Lipinski definition) is 3. The summed E-state index contributed by atoms with van der Waals surface area (Å²) in [6.45, 7) is 0. The molecule has 65 heavy (non-hydrogen) atoms. The smallest absolute Gasteiger partial charge is 0.0618 e. The van der Waals surface area contributed by atoms with E-state index in [1.807, 2.05) is 0 Å². The van der Waals surface area contributed by atoms with Crippen LogP contribution in [0.3, 0.4) is 0 Å². The molecule has 3 nitrogen and oxygen atoms in total. The van der Waals surface area contributed by atoms with Gasteiger partial charge in [-0.15, -0.1) is 0 Å². The van der Waals surface area contributed by atoms with E-state index in [0.29, 0.717) is 0 Å². The molecule has 0 aliphatic carbocycles. The van der Waals surface area contributed by atoms with Crippen LogP contribution in [-0.2, 0) is 0 Å². The van der Waals surface area contributed by atoms with Gasteiger partial charge in [-0.3, -0.25) is 0 Å². The zero-order chi connectivity index (χ0) is 43.1. The van der Waals surface area contributed by atoms with Gasteiger partial charge in [-0.05, 0) is 134 Å². The third-order valence-electron chi connectivity index (χ3n) is 12.7. The minimum Gasteiger partial charge on any atom is -0.355 e. The normalized spacial score (nSPS) is 11.4. The SMILES string of the molecule is c1ccc(N(c2ccc(N(c3ccc(Nc4ccccc4-c4cccc5ccccc45)cc3)c3c4ccccc4cc4cc5ccccc5cc34)cc2)c2cccc3ccccc23)cc1. The Bertz CT molecular complexity index is 3670. The lowest BCUT2D eigenvalue weighted by Crippen LogP contribution is -2.13. The molecule has 12 aromatic rings. The van der Waals surface area contributed by atoms with Crippen LogP contribution in [0.5, 0.6) is 0 Å². The topological polar surface area (TPSA) is 18.5 Å². The van der Waals surface area contributed by atoms with Crippen molar-refractivity contribution >= 4 is 99.4 Å². The summed E-state index contributed by atoms with van der Waals surface area (Å²) in [5, 5.41) is 15.9. The van der Waals surface area contributed by atoms with Crippen molar-refractivity contribution in [1.29, 1.82) is 0 Å². The number of para-hydroxylation sites is 2. The Morgan fingerprint density at radius 2 is 0.738 bits per heavy atom. The highest BCUT2D eigenvalue weighted by atomic mass is 15.2. The molecule has 0 amide bonds. The van der Waals surface area contributed by atoms with Gasteiger partial charge < -0.3 is 15.1 Å². The Morgan fingerprint density at radius 1 is 0.262 bits per heavy atom. The minimum atomic E-state index is 1.01. The fraction of sp³-hybridized carbons (Fsp3) is 0. The number of fused-ring (bicyclic) bond motifs is 5. The monoisotopic (exact) mass is 829 g/mol. The van der Waals surface area contributed by atoms with E-state index >= 15 is 0 Å². The van der Waals surface area contributed by atoms with Crippen molar-refractivity contribution in [3.05, 3.63) is 255 Å². The largest absolute Gasteiger partial charge is 0.355 e. The molecular weight excluding hydrogens is 787 g/mol. The van der Waals surface area contributed by atoms with Crippen LogP contribution in [0.25, 0.3) is 65.0 Å². The van der Waals surface area contributed by atoms with Crippen LogP contribution in [0, 0.1) is 0 Å². The van der Waals surface area contributed by atoms with E-state index in [9.17, 15) is 0 Å². The molecule has 0 heterocycles. The summed E-state index contributed by atoms with van der Waals surface area (Å²) < 4.78 is 0. The van der Waals surface area contributed by atoms with Gasteiger partial charge in [0.1, 0.15) is 0 Å². The van der Waals surface area contributed by atoms with Crippen molar-refractivity contribution in [3.63, 3.8) is 0 Å². The molecule has 306 valence electrons. The molecule has 1 N–H and O–H groups in total. The van der Waals surface area contributed by atoms with E-state index in [0.717, 1.165) is 51.1 Å². The molecule has 3 heteroatoms. The summed E-state index contributed by atoms with van der Waals surface area (Å²) in [5.41, 5.74) is 11.0. The van der Waals surface area contributed by atoms with Gasteiger partial charge in [0.05, 0.1) is 11.4 Å². The second kappa shape index (κ2) is 16.2. The van der Waals surface area contributed by atoms with Gasteiger partial charge in [0.15, 0.2) is 0 Å². The molecular formula is C62H43N3. The first-order chi connectivity index (χ1) is 32.2. The molecule has 0 unspecified atom stereocenters. The van der Waals surface area contributed by atoms with Crippen LogP contribution in [0.2, 0.25) is 0 Å². The number of rotatable bonds is 9. The van der Waals surface area contributed by atoms with Gasteiger partial charge in [0.25, 0.3) is 0 Å². The third-order valence-corrected chi connectivity index (χ3v) is 12.7. The maximum Gasteiger partial charge on any atom is 0.0618 e. The van der Waals surface area contributed by atoms with Crippen molar-refractivity contribution in [2.24, 2.45) is 0 Å². The summed E-state index contributed by atoms with van der Waals surface area (Å²) >= 11 is 0. The number of nitrogens with zero attached hydrogens (tertiary/aromatic N) is 2. The molecule has 0 atom stereocenters. The Balaban J connectivity index is 1.01. The molecule has 0 spiro atoms. The zero-order valence-electron chi connectivity index (χ0n) is 35.6. The number of benzene rings is 12. The van der Waals surface area contributed by atoms with Gasteiger partial charge in [-0.2, -0.15) is 0 Å². The third kappa shape index (κ3) is 6.97. The van der Waals surface area contributed by atoms with E-state index in [1.54, 1.807) is 0 Å². The Kier molecular flexibility index (Phi) is 9.50. The molecule has 0 radical (unpaired) electrons. The summed E-state index contributed by atoms with van der Waals surface area (Å²) in [7, 11) is 0.